The highest BCUT2D eigenvalue weighted by Crippen LogP contribution is 2.41. The average Bonchev–Trinajstić information content (AvgIpc) is 3.39. The van der Waals surface area contributed by atoms with Gasteiger partial charge < -0.3 is 10.4 Å². The van der Waals surface area contributed by atoms with Crippen molar-refractivity contribution in [1.29, 1.82) is 0 Å². The maximum Gasteiger partial charge on any atom is 0.416 e. The Bertz CT molecular complexity index is 1600. The summed E-state index contributed by atoms with van der Waals surface area (Å²) in [6, 6.07) is 7.08. The lowest BCUT2D eigenvalue weighted by molar-refractivity contribution is -0.150. The number of thiophene rings is 1. The van der Waals surface area contributed by atoms with Gasteiger partial charge in [-0.2, -0.15) is 13.2 Å². The van der Waals surface area contributed by atoms with Crippen molar-refractivity contribution in [2.24, 2.45) is 0 Å². The molecule has 2 unspecified atom stereocenters. The summed E-state index contributed by atoms with van der Waals surface area (Å²) in [7, 11) is 0. The lowest BCUT2D eigenvalue weighted by Crippen LogP contribution is -2.70. The quantitative estimate of drug-likeness (QED) is 0.289. The highest BCUT2D eigenvalue weighted by Gasteiger charge is 2.53. The lowest BCUT2D eigenvalue weighted by atomic mass is 10.0. The molecule has 39 heavy (non-hydrogen) atoms. The monoisotopic (exact) mass is 610 g/mol. The van der Waals surface area contributed by atoms with Crippen molar-refractivity contribution in [1.82, 2.24) is 10.2 Å². The Balaban J connectivity index is 1.31. The fourth-order valence-electron chi connectivity index (χ4n) is 4.12. The number of thioether (sulfide) groups is 2. The Morgan fingerprint density at radius 3 is 2.69 bits per heavy atom. The summed E-state index contributed by atoms with van der Waals surface area (Å²) in [5.74, 6) is -1.88. The van der Waals surface area contributed by atoms with E-state index >= 15 is 0 Å². The molecule has 7 nitrogen and oxygen atoms in total. The predicted molar refractivity (Wildman–Crippen MR) is 146 cm³/mol. The van der Waals surface area contributed by atoms with Crippen LogP contribution in [0.2, 0.25) is 0 Å². The number of carbonyl (C=O) groups excluding carboxylic acids is 2. The normalized spacial score (nSPS) is 19.4. The number of carboxylic acid groups (broad SMARTS) is 1. The van der Waals surface area contributed by atoms with Gasteiger partial charge in [0, 0.05) is 26.8 Å². The van der Waals surface area contributed by atoms with E-state index in [1.165, 1.54) is 40.6 Å². The maximum absolute atomic E-state index is 13.1. The predicted octanol–water partition coefficient (Wildman–Crippen LogP) is 4.93. The van der Waals surface area contributed by atoms with Gasteiger partial charge in [-0.25, -0.2) is 4.79 Å². The van der Waals surface area contributed by atoms with Gasteiger partial charge in [-0.15, -0.1) is 34.4 Å². The molecule has 14 heteroatoms. The number of amides is 2. The number of aliphatic carboxylic acids is 1. The Morgan fingerprint density at radius 1 is 1.21 bits per heavy atom. The number of carboxylic acids is 1. The van der Waals surface area contributed by atoms with Crippen LogP contribution in [0.1, 0.15) is 10.4 Å². The molecule has 1 aromatic carbocycles. The fourth-order valence-corrected chi connectivity index (χ4v) is 8.16. The molecule has 0 saturated carbocycles. The number of β-lactam (4-membered cyclic amide) rings is 1. The molecule has 1 saturated heterocycles. The van der Waals surface area contributed by atoms with Gasteiger partial charge in [0.05, 0.1) is 16.2 Å². The van der Waals surface area contributed by atoms with E-state index < -0.39 is 40.5 Å². The Morgan fingerprint density at radius 2 is 2.00 bits per heavy atom. The summed E-state index contributed by atoms with van der Waals surface area (Å²) >= 11 is 4.82. The van der Waals surface area contributed by atoms with E-state index in [1.54, 1.807) is 0 Å². The molecule has 0 bridgehead atoms. The number of rotatable bonds is 7. The molecule has 2 amide bonds. The first-order valence-electron chi connectivity index (χ1n) is 11.2. The molecule has 4 heterocycles. The fraction of sp³-hybridized carbons (Fsp3) is 0.200. The van der Waals surface area contributed by atoms with Crippen molar-refractivity contribution in [3.8, 4) is 0 Å². The van der Waals surface area contributed by atoms with E-state index in [9.17, 15) is 37.5 Å². The molecule has 202 valence electrons. The minimum Gasteiger partial charge on any atom is -0.477 e. The average molecular weight is 611 g/mol. The van der Waals surface area contributed by atoms with E-state index in [2.05, 4.69) is 5.32 Å². The molecule has 2 atom stereocenters. The largest absolute Gasteiger partial charge is 0.477 e. The van der Waals surface area contributed by atoms with Gasteiger partial charge in [0.2, 0.25) is 5.91 Å². The van der Waals surface area contributed by atoms with E-state index in [0.717, 1.165) is 51.1 Å². The third-order valence-electron chi connectivity index (χ3n) is 5.92. The third kappa shape index (κ3) is 5.64. The first-order valence-corrected chi connectivity index (χ1v) is 14.9. The van der Waals surface area contributed by atoms with Crippen molar-refractivity contribution >= 4 is 74.1 Å². The minimum absolute atomic E-state index is 0.129. The highest BCUT2D eigenvalue weighted by atomic mass is 32.2. The van der Waals surface area contributed by atoms with Gasteiger partial charge in [0.15, 0.2) is 5.43 Å². The molecule has 5 rings (SSSR count). The Kier molecular flexibility index (Phi) is 7.64. The van der Waals surface area contributed by atoms with Crippen LogP contribution in [0.25, 0.3) is 10.1 Å². The second kappa shape index (κ2) is 10.8. The van der Waals surface area contributed by atoms with Crippen LogP contribution >= 0.6 is 46.2 Å². The highest BCUT2D eigenvalue weighted by molar-refractivity contribution is 8.04. The zero-order valence-corrected chi connectivity index (χ0v) is 22.8. The van der Waals surface area contributed by atoms with Crippen molar-refractivity contribution in [2.45, 2.75) is 28.2 Å². The number of alkyl halides is 3. The topological polar surface area (TPSA) is 104 Å². The Hall–Kier alpha value is -3.07. The molecule has 2 N–H and O–H groups in total. The van der Waals surface area contributed by atoms with E-state index in [1.807, 2.05) is 17.5 Å². The first-order chi connectivity index (χ1) is 18.5. The third-order valence-corrected chi connectivity index (χ3v) is 10.1. The van der Waals surface area contributed by atoms with Gasteiger partial charge in [-0.1, -0.05) is 17.8 Å². The van der Waals surface area contributed by atoms with Gasteiger partial charge in [0.25, 0.3) is 5.91 Å². The molecule has 0 aliphatic carbocycles. The number of hydrogen-bond donors (Lipinski definition) is 2. The van der Waals surface area contributed by atoms with Crippen molar-refractivity contribution in [3.63, 3.8) is 0 Å². The van der Waals surface area contributed by atoms with Crippen LogP contribution in [0.15, 0.2) is 73.5 Å². The zero-order chi connectivity index (χ0) is 27.9. The standard InChI is InChI=1S/C25H17F3N2O5S4/c26-25(27,28)13-3-4-15-16(31)10-19(39-17(15)8-13)37-7-5-12-11-38-23-20(22(33)30(23)21(12)24(34)35)29-18(32)9-14-2-1-6-36-14/h1-8,10,20,23H,9,11H2,(H,29,32)(H,34,35)/b7-5+. The second-order valence-electron chi connectivity index (χ2n) is 8.45. The van der Waals surface area contributed by atoms with E-state index in [0.29, 0.717) is 9.78 Å². The van der Waals surface area contributed by atoms with Crippen LogP contribution in [0, 0.1) is 0 Å². The van der Waals surface area contributed by atoms with Gasteiger partial charge in [-0.05, 0) is 46.7 Å². The molecule has 2 aliphatic rings. The molecule has 0 radical (unpaired) electrons. The van der Waals surface area contributed by atoms with Crippen LogP contribution in [-0.4, -0.2) is 45.0 Å². The van der Waals surface area contributed by atoms with Crippen LogP contribution in [-0.2, 0) is 27.0 Å². The number of carbonyl (C=O) groups is 3. The summed E-state index contributed by atoms with van der Waals surface area (Å²) < 4.78 is 39.9. The molecule has 3 aromatic rings. The van der Waals surface area contributed by atoms with Crippen molar-refractivity contribution in [2.75, 3.05) is 5.75 Å². The number of halogens is 3. The number of nitrogens with zero attached hydrogens (tertiary/aromatic N) is 1. The summed E-state index contributed by atoms with van der Waals surface area (Å²) in [4.78, 5) is 51.6. The van der Waals surface area contributed by atoms with Crippen LogP contribution < -0.4 is 10.7 Å². The van der Waals surface area contributed by atoms with Gasteiger partial charge in [-0.3, -0.25) is 19.3 Å². The summed E-state index contributed by atoms with van der Waals surface area (Å²) in [6.45, 7) is 0. The van der Waals surface area contributed by atoms with Gasteiger partial charge >= 0.3 is 12.1 Å². The molecule has 2 aromatic heterocycles. The van der Waals surface area contributed by atoms with Crippen LogP contribution in [0.5, 0.6) is 0 Å². The maximum atomic E-state index is 13.1. The molecule has 0 spiro atoms. The van der Waals surface area contributed by atoms with Crippen LogP contribution in [0.4, 0.5) is 13.2 Å². The molecule has 1 fully saturated rings. The molecular formula is C25H17F3N2O5S4. The summed E-state index contributed by atoms with van der Waals surface area (Å²) in [5, 5.41) is 15.5. The summed E-state index contributed by atoms with van der Waals surface area (Å²) in [6.07, 6.45) is -2.89. The number of allylic oxidation sites excluding steroid dienone is 1. The zero-order valence-electron chi connectivity index (χ0n) is 19.6. The van der Waals surface area contributed by atoms with Crippen molar-refractivity contribution in [3.05, 3.63) is 85.2 Å². The summed E-state index contributed by atoms with van der Waals surface area (Å²) in [5.41, 5.74) is -1.10. The number of nitrogens with one attached hydrogen (secondary N) is 1. The lowest BCUT2D eigenvalue weighted by Gasteiger charge is -2.49. The number of benzene rings is 1. The first kappa shape index (κ1) is 27.5. The number of hydrogen-bond acceptors (Lipinski definition) is 8. The Labute approximate surface area is 235 Å². The van der Waals surface area contributed by atoms with Crippen LogP contribution in [0.3, 0.4) is 0 Å². The van der Waals surface area contributed by atoms with E-state index in [-0.39, 0.29) is 33.9 Å². The number of fused-ring (bicyclic) bond motifs is 2. The minimum atomic E-state index is -4.54. The molecular weight excluding hydrogens is 594 g/mol. The van der Waals surface area contributed by atoms with Crippen molar-refractivity contribution < 1.29 is 32.7 Å². The molecule has 2 aliphatic heterocycles. The SMILES string of the molecule is O=C(Cc1cccs1)NC1C(=O)N2C(C(=O)O)=C(/C=C/Sc3cc(=O)c4ccc(C(F)(F)F)cc4s3)CSC12. The van der Waals surface area contributed by atoms with E-state index in [4.69, 9.17) is 0 Å². The second-order valence-corrected chi connectivity index (χ2v) is 12.9. The van der Waals surface area contributed by atoms with Gasteiger partial charge in [0.1, 0.15) is 17.1 Å². The smallest absolute Gasteiger partial charge is 0.416 e.